The van der Waals surface area contributed by atoms with Gasteiger partial charge < -0.3 is 4.98 Å². The molecule has 0 saturated carbocycles. The number of para-hydroxylation sites is 1. The van der Waals surface area contributed by atoms with E-state index in [9.17, 15) is 4.79 Å². The van der Waals surface area contributed by atoms with E-state index >= 15 is 0 Å². The molecule has 124 valence electrons. The Labute approximate surface area is 147 Å². The van der Waals surface area contributed by atoms with Crippen molar-refractivity contribution in [3.05, 3.63) is 87.2 Å². The van der Waals surface area contributed by atoms with E-state index in [1.54, 1.807) is 18.3 Å². The van der Waals surface area contributed by atoms with Crippen LogP contribution in [0.5, 0.6) is 0 Å². The quantitative estimate of drug-likeness (QED) is 0.554. The van der Waals surface area contributed by atoms with Crippen molar-refractivity contribution < 1.29 is 0 Å². The lowest BCUT2D eigenvalue weighted by Gasteiger charge is -2.01. The number of benzene rings is 2. The molecule has 0 amide bonds. The van der Waals surface area contributed by atoms with Gasteiger partial charge in [-0.2, -0.15) is 14.9 Å². The summed E-state index contributed by atoms with van der Waals surface area (Å²) in [6.07, 6.45) is 3.99. The van der Waals surface area contributed by atoms with Crippen LogP contribution in [0.25, 0.3) is 10.9 Å². The highest BCUT2D eigenvalue weighted by Crippen LogP contribution is 2.16. The topological polar surface area (TPSA) is 78.8 Å². The van der Waals surface area contributed by atoms with Gasteiger partial charge in [-0.15, -0.1) is 0 Å². The lowest BCUT2D eigenvalue weighted by Crippen LogP contribution is -2.15. The number of aromatic nitrogens is 4. The molecule has 0 radical (unpaired) electrons. The predicted octanol–water partition coefficient (Wildman–Crippen LogP) is 3.18. The fourth-order valence-electron chi connectivity index (χ4n) is 2.66. The summed E-state index contributed by atoms with van der Waals surface area (Å²) in [6, 6.07) is 15.3. The molecule has 0 spiro atoms. The molecule has 0 unspecified atom stereocenters. The van der Waals surface area contributed by atoms with Gasteiger partial charge in [0.25, 0.3) is 0 Å². The van der Waals surface area contributed by atoms with Crippen LogP contribution in [0.4, 0.5) is 0 Å². The molecule has 0 bridgehead atoms. The molecule has 4 rings (SSSR count). The Morgan fingerprint density at radius 2 is 1.96 bits per heavy atom. The third-order valence-electron chi connectivity index (χ3n) is 3.93. The van der Waals surface area contributed by atoms with Crippen molar-refractivity contribution in [2.24, 2.45) is 5.10 Å². The number of nitrogens with one attached hydrogen (secondary N) is 2. The maximum absolute atomic E-state index is 12.0. The van der Waals surface area contributed by atoms with Crippen molar-refractivity contribution in [3.63, 3.8) is 0 Å². The average molecular weight is 352 g/mol. The Kier molecular flexibility index (Phi) is 3.95. The summed E-state index contributed by atoms with van der Waals surface area (Å²) in [7, 11) is 0. The van der Waals surface area contributed by atoms with Gasteiger partial charge in [0.05, 0.1) is 6.21 Å². The van der Waals surface area contributed by atoms with Gasteiger partial charge in [0.2, 0.25) is 0 Å². The second-order valence-corrected chi connectivity index (χ2v) is 6.03. The zero-order valence-corrected chi connectivity index (χ0v) is 13.9. The summed E-state index contributed by atoms with van der Waals surface area (Å²) < 4.78 is 1.27. The Balaban J connectivity index is 1.65. The summed E-state index contributed by atoms with van der Waals surface area (Å²) in [5.41, 5.74) is 2.54. The number of hydrogen-bond acceptors (Lipinski definition) is 3. The molecule has 2 N–H and O–H groups in total. The number of halogens is 1. The fraction of sp³-hybridized carbons (Fsp3) is 0.0556. The minimum Gasteiger partial charge on any atom is -0.361 e. The Morgan fingerprint density at radius 1 is 1.16 bits per heavy atom. The lowest BCUT2D eigenvalue weighted by molar-refractivity contribution is 0.776. The molecule has 2 heterocycles. The van der Waals surface area contributed by atoms with Crippen molar-refractivity contribution >= 4 is 28.7 Å². The summed E-state index contributed by atoms with van der Waals surface area (Å²) in [6.45, 7) is 0. The molecule has 0 fully saturated rings. The highest BCUT2D eigenvalue weighted by Gasteiger charge is 2.08. The average Bonchev–Trinajstić information content (AvgIpc) is 3.19. The van der Waals surface area contributed by atoms with E-state index < -0.39 is 0 Å². The van der Waals surface area contributed by atoms with Gasteiger partial charge in [-0.1, -0.05) is 41.9 Å². The molecule has 2 aromatic heterocycles. The third-order valence-corrected chi connectivity index (χ3v) is 4.18. The lowest BCUT2D eigenvalue weighted by atomic mass is 10.1. The van der Waals surface area contributed by atoms with Crippen molar-refractivity contribution in [1.29, 1.82) is 0 Å². The molecule has 25 heavy (non-hydrogen) atoms. The van der Waals surface area contributed by atoms with E-state index in [2.05, 4.69) is 20.3 Å². The molecular weight excluding hydrogens is 338 g/mol. The van der Waals surface area contributed by atoms with E-state index in [-0.39, 0.29) is 5.69 Å². The van der Waals surface area contributed by atoms with E-state index in [4.69, 9.17) is 11.6 Å². The monoisotopic (exact) mass is 351 g/mol. The number of hydrogen-bond donors (Lipinski definition) is 2. The molecule has 0 atom stereocenters. The van der Waals surface area contributed by atoms with Gasteiger partial charge in [-0.25, -0.2) is 9.89 Å². The first-order valence-electron chi connectivity index (χ1n) is 7.72. The highest BCUT2D eigenvalue weighted by molar-refractivity contribution is 6.30. The predicted molar refractivity (Wildman–Crippen MR) is 98.4 cm³/mol. The third kappa shape index (κ3) is 3.12. The smallest absolute Gasteiger partial charge is 0.361 e. The first-order valence-corrected chi connectivity index (χ1v) is 8.10. The second-order valence-electron chi connectivity index (χ2n) is 5.59. The van der Waals surface area contributed by atoms with Crippen LogP contribution in [0.1, 0.15) is 17.0 Å². The van der Waals surface area contributed by atoms with Gasteiger partial charge in [0.1, 0.15) is 0 Å². The first-order chi connectivity index (χ1) is 12.2. The number of rotatable bonds is 4. The number of fused-ring (bicyclic) bond motifs is 1. The molecule has 4 aromatic rings. The Morgan fingerprint density at radius 3 is 2.80 bits per heavy atom. The van der Waals surface area contributed by atoms with Crippen LogP contribution < -0.4 is 5.69 Å². The SMILES string of the molecule is O=c1[nH]nc(Cc2ccc(Cl)cc2)n1/N=C/c1c[nH]c2ccccc12. The van der Waals surface area contributed by atoms with Crippen LogP contribution in [-0.2, 0) is 6.42 Å². The maximum atomic E-state index is 12.0. The van der Waals surface area contributed by atoms with Gasteiger partial charge in [0.15, 0.2) is 5.82 Å². The molecule has 0 aliphatic heterocycles. The molecule has 6 nitrogen and oxygen atoms in total. The van der Waals surface area contributed by atoms with Crippen LogP contribution in [-0.4, -0.2) is 26.1 Å². The Bertz CT molecular complexity index is 1100. The van der Waals surface area contributed by atoms with Gasteiger partial charge in [-0.3, -0.25) is 0 Å². The maximum Gasteiger partial charge on any atom is 0.364 e. The van der Waals surface area contributed by atoms with Crippen LogP contribution in [0.2, 0.25) is 5.02 Å². The summed E-state index contributed by atoms with van der Waals surface area (Å²) in [5, 5.41) is 12.5. The van der Waals surface area contributed by atoms with Crippen LogP contribution in [0, 0.1) is 0 Å². The summed E-state index contributed by atoms with van der Waals surface area (Å²) in [5.74, 6) is 0.531. The molecular formula is C18H14ClN5O. The largest absolute Gasteiger partial charge is 0.364 e. The van der Waals surface area contributed by atoms with Crippen LogP contribution in [0.3, 0.4) is 0 Å². The van der Waals surface area contributed by atoms with E-state index in [1.165, 1.54) is 4.68 Å². The highest BCUT2D eigenvalue weighted by atomic mass is 35.5. The van der Waals surface area contributed by atoms with Crippen molar-refractivity contribution in [2.45, 2.75) is 6.42 Å². The molecule has 2 aromatic carbocycles. The van der Waals surface area contributed by atoms with Crippen molar-refractivity contribution in [2.75, 3.05) is 0 Å². The van der Waals surface area contributed by atoms with E-state index in [0.29, 0.717) is 17.3 Å². The summed E-state index contributed by atoms with van der Waals surface area (Å²) >= 11 is 5.90. The van der Waals surface area contributed by atoms with Crippen LogP contribution >= 0.6 is 11.6 Å². The molecule has 0 aliphatic rings. The normalized spacial score (nSPS) is 11.6. The molecule has 0 saturated heterocycles. The molecule has 0 aliphatic carbocycles. The first kappa shape index (κ1) is 15.4. The minimum absolute atomic E-state index is 0.375. The fourth-order valence-corrected chi connectivity index (χ4v) is 2.79. The number of aromatic amines is 2. The van der Waals surface area contributed by atoms with Crippen molar-refractivity contribution in [3.8, 4) is 0 Å². The van der Waals surface area contributed by atoms with Gasteiger partial charge in [0, 0.05) is 34.1 Å². The van der Waals surface area contributed by atoms with Gasteiger partial charge in [-0.05, 0) is 23.8 Å². The number of H-pyrrole nitrogens is 2. The zero-order valence-electron chi connectivity index (χ0n) is 13.1. The summed E-state index contributed by atoms with van der Waals surface area (Å²) in [4.78, 5) is 15.2. The van der Waals surface area contributed by atoms with Crippen LogP contribution in [0.15, 0.2) is 64.6 Å². The zero-order chi connectivity index (χ0) is 17.2. The van der Waals surface area contributed by atoms with Gasteiger partial charge >= 0.3 is 5.69 Å². The minimum atomic E-state index is -0.375. The molecule has 7 heteroatoms. The second kappa shape index (κ2) is 6.41. The standard InChI is InChI=1S/C18H14ClN5O/c19-14-7-5-12(6-8-14)9-17-22-23-18(25)24(17)21-11-13-10-20-16-4-2-1-3-15(13)16/h1-8,10-11,20H,9H2,(H,23,25)/b21-11+. The number of nitrogens with zero attached hydrogens (tertiary/aromatic N) is 3. The van der Waals surface area contributed by atoms with E-state index in [0.717, 1.165) is 22.0 Å². The van der Waals surface area contributed by atoms with Crippen molar-refractivity contribution in [1.82, 2.24) is 19.9 Å². The Hall–Kier alpha value is -3.12. The van der Waals surface area contributed by atoms with E-state index in [1.807, 2.05) is 42.6 Å².